The first-order chi connectivity index (χ1) is 6.84. The van der Waals surface area contributed by atoms with Crippen molar-refractivity contribution in [2.45, 2.75) is 56.7 Å². The molecular formula is C11H21NO2. The Bertz CT molecular complexity index is 169. The highest BCUT2D eigenvalue weighted by atomic mass is 16.5. The summed E-state index contributed by atoms with van der Waals surface area (Å²) in [6, 6.07) is 1.17. The summed E-state index contributed by atoms with van der Waals surface area (Å²) in [5.74, 6) is 0. The Morgan fingerprint density at radius 1 is 1.00 bits per heavy atom. The van der Waals surface area contributed by atoms with Crippen molar-refractivity contribution >= 4 is 0 Å². The summed E-state index contributed by atoms with van der Waals surface area (Å²) in [5.41, 5.74) is 0. The zero-order valence-corrected chi connectivity index (χ0v) is 8.74. The summed E-state index contributed by atoms with van der Waals surface area (Å²) in [6.07, 6.45) is 6.53. The van der Waals surface area contributed by atoms with Crippen molar-refractivity contribution in [3.8, 4) is 0 Å². The largest absolute Gasteiger partial charge is 0.393 e. The van der Waals surface area contributed by atoms with Gasteiger partial charge in [0.05, 0.1) is 6.10 Å². The molecule has 2 fully saturated rings. The normalized spacial score (nSPS) is 35.8. The van der Waals surface area contributed by atoms with E-state index in [1.54, 1.807) is 0 Å². The van der Waals surface area contributed by atoms with Gasteiger partial charge in [0.25, 0.3) is 0 Å². The molecule has 1 saturated carbocycles. The highest BCUT2D eigenvalue weighted by Crippen LogP contribution is 2.20. The molecule has 1 aliphatic heterocycles. The van der Waals surface area contributed by atoms with Crippen LogP contribution >= 0.6 is 0 Å². The minimum atomic E-state index is -0.0684. The van der Waals surface area contributed by atoms with Crippen LogP contribution in [0, 0.1) is 0 Å². The molecule has 0 spiro atoms. The summed E-state index contributed by atoms with van der Waals surface area (Å²) in [4.78, 5) is 0. The van der Waals surface area contributed by atoms with Crippen LogP contribution in [0.2, 0.25) is 0 Å². The molecule has 0 amide bonds. The molecular weight excluding hydrogens is 178 g/mol. The molecule has 1 saturated heterocycles. The van der Waals surface area contributed by atoms with Crippen LogP contribution in [0.5, 0.6) is 0 Å². The minimum Gasteiger partial charge on any atom is -0.393 e. The Labute approximate surface area is 85.8 Å². The number of hydrogen-bond donors (Lipinski definition) is 2. The van der Waals surface area contributed by atoms with E-state index in [2.05, 4.69) is 5.32 Å². The summed E-state index contributed by atoms with van der Waals surface area (Å²) in [5, 5.41) is 13.2. The van der Waals surface area contributed by atoms with Crippen LogP contribution in [0.4, 0.5) is 0 Å². The third-order valence-corrected chi connectivity index (χ3v) is 3.34. The van der Waals surface area contributed by atoms with E-state index in [9.17, 15) is 5.11 Å². The second-order valence-corrected chi connectivity index (χ2v) is 4.57. The molecule has 2 atom stereocenters. The molecule has 0 aromatic rings. The average Bonchev–Trinajstić information content (AvgIpc) is 2.19. The van der Waals surface area contributed by atoms with Gasteiger partial charge in [-0.2, -0.15) is 0 Å². The molecule has 14 heavy (non-hydrogen) atoms. The Kier molecular flexibility index (Phi) is 3.79. The average molecular weight is 199 g/mol. The van der Waals surface area contributed by atoms with Crippen molar-refractivity contribution < 1.29 is 9.84 Å². The summed E-state index contributed by atoms with van der Waals surface area (Å²) < 4.78 is 5.32. The summed E-state index contributed by atoms with van der Waals surface area (Å²) in [6.45, 7) is 1.79. The van der Waals surface area contributed by atoms with Crippen LogP contribution in [0.25, 0.3) is 0 Å². The van der Waals surface area contributed by atoms with Gasteiger partial charge < -0.3 is 15.2 Å². The first kappa shape index (κ1) is 10.4. The monoisotopic (exact) mass is 199 g/mol. The maximum Gasteiger partial charge on any atom is 0.0555 e. The third-order valence-electron chi connectivity index (χ3n) is 3.34. The Morgan fingerprint density at radius 3 is 2.50 bits per heavy atom. The SMILES string of the molecule is O[C@@H]1CCC[C@H](NC2CCOCC2)C1. The highest BCUT2D eigenvalue weighted by molar-refractivity contribution is 4.81. The molecule has 0 radical (unpaired) electrons. The standard InChI is InChI=1S/C11H21NO2/c13-11-3-1-2-10(8-11)12-9-4-6-14-7-5-9/h9-13H,1-8H2/t10-,11+/m0/s1. The predicted molar refractivity (Wildman–Crippen MR) is 55.2 cm³/mol. The quantitative estimate of drug-likeness (QED) is 0.698. The molecule has 3 nitrogen and oxygen atoms in total. The molecule has 2 rings (SSSR count). The number of rotatable bonds is 2. The zero-order valence-electron chi connectivity index (χ0n) is 8.74. The van der Waals surface area contributed by atoms with Crippen molar-refractivity contribution in [1.82, 2.24) is 5.32 Å². The Balaban J connectivity index is 1.72. The molecule has 0 aromatic heterocycles. The third kappa shape index (κ3) is 2.94. The zero-order chi connectivity index (χ0) is 9.80. The van der Waals surface area contributed by atoms with Gasteiger partial charge >= 0.3 is 0 Å². The van der Waals surface area contributed by atoms with Gasteiger partial charge in [-0.15, -0.1) is 0 Å². The van der Waals surface area contributed by atoms with Gasteiger partial charge in [-0.05, 0) is 38.5 Å². The predicted octanol–water partition coefficient (Wildman–Crippen LogP) is 1.06. The fourth-order valence-electron chi connectivity index (χ4n) is 2.51. The summed E-state index contributed by atoms with van der Waals surface area (Å²) >= 11 is 0. The fourth-order valence-corrected chi connectivity index (χ4v) is 2.51. The number of hydrogen-bond acceptors (Lipinski definition) is 3. The van der Waals surface area contributed by atoms with Gasteiger partial charge in [0.2, 0.25) is 0 Å². The molecule has 2 N–H and O–H groups in total. The Morgan fingerprint density at radius 2 is 1.79 bits per heavy atom. The smallest absolute Gasteiger partial charge is 0.0555 e. The Hall–Kier alpha value is -0.120. The topological polar surface area (TPSA) is 41.5 Å². The first-order valence-corrected chi connectivity index (χ1v) is 5.86. The van der Waals surface area contributed by atoms with Crippen molar-refractivity contribution in [1.29, 1.82) is 0 Å². The van der Waals surface area contributed by atoms with E-state index >= 15 is 0 Å². The van der Waals surface area contributed by atoms with E-state index in [-0.39, 0.29) is 6.10 Å². The van der Waals surface area contributed by atoms with Crippen molar-refractivity contribution in [2.75, 3.05) is 13.2 Å². The lowest BCUT2D eigenvalue weighted by molar-refractivity contribution is 0.0638. The molecule has 0 bridgehead atoms. The highest BCUT2D eigenvalue weighted by Gasteiger charge is 2.23. The fraction of sp³-hybridized carbons (Fsp3) is 1.00. The molecule has 1 heterocycles. The van der Waals surface area contributed by atoms with Crippen LogP contribution in [0.3, 0.4) is 0 Å². The van der Waals surface area contributed by atoms with E-state index in [1.165, 1.54) is 12.8 Å². The van der Waals surface area contributed by atoms with Crippen LogP contribution in [0.1, 0.15) is 38.5 Å². The number of aliphatic hydroxyl groups is 1. The summed E-state index contributed by atoms with van der Waals surface area (Å²) in [7, 11) is 0. The number of aliphatic hydroxyl groups excluding tert-OH is 1. The molecule has 1 aliphatic carbocycles. The van der Waals surface area contributed by atoms with Crippen molar-refractivity contribution in [2.24, 2.45) is 0 Å². The van der Waals surface area contributed by atoms with Crippen LogP contribution in [-0.4, -0.2) is 36.5 Å². The van der Waals surface area contributed by atoms with E-state index in [1.807, 2.05) is 0 Å². The second kappa shape index (κ2) is 5.10. The lowest BCUT2D eigenvalue weighted by Gasteiger charge is -2.32. The van der Waals surface area contributed by atoms with E-state index in [4.69, 9.17) is 4.74 Å². The van der Waals surface area contributed by atoms with Gasteiger partial charge in [0.1, 0.15) is 0 Å². The molecule has 2 aliphatic rings. The number of ether oxygens (including phenoxy) is 1. The van der Waals surface area contributed by atoms with Gasteiger partial charge in [0, 0.05) is 25.3 Å². The van der Waals surface area contributed by atoms with E-state index < -0.39 is 0 Å². The van der Waals surface area contributed by atoms with Crippen molar-refractivity contribution in [3.05, 3.63) is 0 Å². The van der Waals surface area contributed by atoms with E-state index in [0.29, 0.717) is 12.1 Å². The van der Waals surface area contributed by atoms with Gasteiger partial charge in [-0.1, -0.05) is 0 Å². The molecule has 3 heteroatoms. The number of nitrogens with one attached hydrogen (secondary N) is 1. The second-order valence-electron chi connectivity index (χ2n) is 4.57. The minimum absolute atomic E-state index is 0.0684. The molecule has 0 unspecified atom stereocenters. The lowest BCUT2D eigenvalue weighted by atomic mass is 9.92. The maximum atomic E-state index is 9.54. The van der Waals surface area contributed by atoms with Crippen LogP contribution in [0.15, 0.2) is 0 Å². The van der Waals surface area contributed by atoms with Gasteiger partial charge in [-0.25, -0.2) is 0 Å². The maximum absolute atomic E-state index is 9.54. The lowest BCUT2D eigenvalue weighted by Crippen LogP contribution is -2.44. The first-order valence-electron chi connectivity index (χ1n) is 5.86. The van der Waals surface area contributed by atoms with Gasteiger partial charge in [0.15, 0.2) is 0 Å². The van der Waals surface area contributed by atoms with Crippen LogP contribution < -0.4 is 5.32 Å². The molecule has 0 aromatic carbocycles. The van der Waals surface area contributed by atoms with Crippen molar-refractivity contribution in [3.63, 3.8) is 0 Å². The van der Waals surface area contributed by atoms with Crippen LogP contribution in [-0.2, 0) is 4.74 Å². The van der Waals surface area contributed by atoms with E-state index in [0.717, 1.165) is 38.9 Å². The molecule has 82 valence electrons. The van der Waals surface area contributed by atoms with Gasteiger partial charge in [-0.3, -0.25) is 0 Å².